The van der Waals surface area contributed by atoms with E-state index in [1.807, 2.05) is 6.92 Å². The van der Waals surface area contributed by atoms with Gasteiger partial charge in [0.25, 0.3) is 9.05 Å². The van der Waals surface area contributed by atoms with Gasteiger partial charge in [-0.1, -0.05) is 6.92 Å². The van der Waals surface area contributed by atoms with Gasteiger partial charge in [0.2, 0.25) is 0 Å². The molecule has 84 valence electrons. The van der Waals surface area contributed by atoms with Gasteiger partial charge in [-0.2, -0.15) is 0 Å². The van der Waals surface area contributed by atoms with Crippen molar-refractivity contribution in [2.45, 2.75) is 18.2 Å². The van der Waals surface area contributed by atoms with Gasteiger partial charge in [0, 0.05) is 15.2 Å². The highest BCUT2D eigenvalue weighted by atomic mass is 79.9. The third-order valence-corrected chi connectivity index (χ3v) is 3.94. The molecule has 0 saturated heterocycles. The first-order valence-corrected chi connectivity index (χ1v) is 7.42. The first-order valence-electron chi connectivity index (χ1n) is 4.32. The van der Waals surface area contributed by atoms with E-state index >= 15 is 0 Å². The van der Waals surface area contributed by atoms with Crippen molar-refractivity contribution in [1.29, 1.82) is 0 Å². The molecule has 0 aliphatic carbocycles. The van der Waals surface area contributed by atoms with Gasteiger partial charge in [-0.25, -0.2) is 8.42 Å². The van der Waals surface area contributed by atoms with Crippen LogP contribution in [0.5, 0.6) is 5.75 Å². The Hall–Kier alpha value is -0.260. The molecule has 0 spiro atoms. The predicted molar refractivity (Wildman–Crippen MR) is 63.0 cm³/mol. The molecule has 6 heteroatoms. The number of rotatable bonds is 4. The molecule has 3 nitrogen and oxygen atoms in total. The van der Waals surface area contributed by atoms with Crippen LogP contribution in [0.25, 0.3) is 0 Å². The lowest BCUT2D eigenvalue weighted by atomic mass is 10.3. The molecule has 0 saturated carbocycles. The highest BCUT2D eigenvalue weighted by Crippen LogP contribution is 2.28. The summed E-state index contributed by atoms with van der Waals surface area (Å²) in [6, 6.07) is 4.58. The normalized spacial score (nSPS) is 11.4. The minimum atomic E-state index is -3.70. The van der Waals surface area contributed by atoms with Crippen LogP contribution in [-0.4, -0.2) is 15.0 Å². The summed E-state index contributed by atoms with van der Waals surface area (Å²) in [6.45, 7) is 2.59. The molecule has 0 aliphatic heterocycles. The molecule has 0 fully saturated rings. The van der Waals surface area contributed by atoms with E-state index in [9.17, 15) is 8.42 Å². The average Bonchev–Trinajstić information content (AvgIpc) is 2.12. The average molecular weight is 314 g/mol. The Morgan fingerprint density at radius 1 is 1.47 bits per heavy atom. The molecule has 1 aromatic rings. The van der Waals surface area contributed by atoms with Gasteiger partial charge in [-0.15, -0.1) is 0 Å². The van der Waals surface area contributed by atoms with Crippen molar-refractivity contribution in [2.24, 2.45) is 0 Å². The second kappa shape index (κ2) is 5.18. The molecule has 0 amide bonds. The molecule has 0 atom stereocenters. The van der Waals surface area contributed by atoms with E-state index in [1.54, 1.807) is 12.1 Å². The van der Waals surface area contributed by atoms with E-state index < -0.39 is 9.05 Å². The summed E-state index contributed by atoms with van der Waals surface area (Å²) in [6.07, 6.45) is 0.896. The lowest BCUT2D eigenvalue weighted by Crippen LogP contribution is -1.97. The monoisotopic (exact) mass is 312 g/mol. The minimum Gasteiger partial charge on any atom is -0.494 e. The van der Waals surface area contributed by atoms with Crippen molar-refractivity contribution in [3.8, 4) is 5.75 Å². The largest absolute Gasteiger partial charge is 0.494 e. The number of ether oxygens (including phenoxy) is 1. The van der Waals surface area contributed by atoms with Crippen LogP contribution in [0.4, 0.5) is 0 Å². The molecule has 0 aliphatic rings. The highest BCUT2D eigenvalue weighted by Gasteiger charge is 2.14. The Morgan fingerprint density at radius 3 is 2.60 bits per heavy atom. The van der Waals surface area contributed by atoms with E-state index in [4.69, 9.17) is 15.4 Å². The fourth-order valence-corrected chi connectivity index (χ4v) is 3.19. The van der Waals surface area contributed by atoms with E-state index in [0.717, 1.165) is 6.42 Å². The summed E-state index contributed by atoms with van der Waals surface area (Å²) >= 11 is 3.13. The van der Waals surface area contributed by atoms with Crippen molar-refractivity contribution in [3.05, 3.63) is 22.7 Å². The van der Waals surface area contributed by atoms with Gasteiger partial charge in [0.15, 0.2) is 0 Å². The summed E-state index contributed by atoms with van der Waals surface area (Å²) in [4.78, 5) is 0.0491. The van der Waals surface area contributed by atoms with Gasteiger partial charge in [0.05, 0.1) is 11.5 Å². The molecule has 0 bridgehead atoms. The topological polar surface area (TPSA) is 43.4 Å². The number of benzene rings is 1. The zero-order valence-electron chi connectivity index (χ0n) is 8.04. The van der Waals surface area contributed by atoms with Crippen LogP contribution in [0, 0.1) is 0 Å². The van der Waals surface area contributed by atoms with Crippen molar-refractivity contribution < 1.29 is 13.2 Å². The molecule has 1 rings (SSSR count). The fourth-order valence-electron chi connectivity index (χ4n) is 0.989. The van der Waals surface area contributed by atoms with Gasteiger partial charge < -0.3 is 4.74 Å². The zero-order chi connectivity index (χ0) is 11.5. The second-order valence-corrected chi connectivity index (χ2v) is 6.27. The van der Waals surface area contributed by atoms with Gasteiger partial charge >= 0.3 is 0 Å². The molecule has 0 N–H and O–H groups in total. The van der Waals surface area contributed by atoms with Crippen LogP contribution in [-0.2, 0) is 9.05 Å². The Morgan fingerprint density at radius 2 is 2.13 bits per heavy atom. The maximum Gasteiger partial charge on any atom is 0.262 e. The van der Waals surface area contributed by atoms with Gasteiger partial charge in [-0.05, 0) is 40.5 Å². The fraction of sp³-hybridized carbons (Fsp3) is 0.333. The Bertz CT molecular complexity index is 445. The Labute approximate surface area is 102 Å². The molecule has 1 aromatic carbocycles. The minimum absolute atomic E-state index is 0.0491. The third kappa shape index (κ3) is 3.66. The zero-order valence-corrected chi connectivity index (χ0v) is 11.2. The maximum atomic E-state index is 11.1. The lowest BCUT2D eigenvalue weighted by molar-refractivity contribution is 0.317. The van der Waals surface area contributed by atoms with Crippen LogP contribution in [0.3, 0.4) is 0 Å². The molecular weight excluding hydrogens is 304 g/mol. The summed E-state index contributed by atoms with van der Waals surface area (Å²) in [7, 11) is 1.52. The van der Waals surface area contributed by atoms with E-state index in [-0.39, 0.29) is 4.90 Å². The molecular formula is C9H10BrClO3S. The van der Waals surface area contributed by atoms with E-state index in [2.05, 4.69) is 15.9 Å². The molecule has 0 unspecified atom stereocenters. The van der Waals surface area contributed by atoms with Crippen molar-refractivity contribution in [1.82, 2.24) is 0 Å². The molecule has 0 heterocycles. The smallest absolute Gasteiger partial charge is 0.262 e. The summed E-state index contributed by atoms with van der Waals surface area (Å²) in [5.74, 6) is 0.618. The van der Waals surface area contributed by atoms with Crippen molar-refractivity contribution in [2.75, 3.05) is 6.61 Å². The Kier molecular flexibility index (Phi) is 4.43. The Balaban J connectivity index is 2.99. The van der Waals surface area contributed by atoms with E-state index in [1.165, 1.54) is 6.07 Å². The molecule has 15 heavy (non-hydrogen) atoms. The van der Waals surface area contributed by atoms with Gasteiger partial charge in [-0.3, -0.25) is 0 Å². The van der Waals surface area contributed by atoms with Crippen molar-refractivity contribution >= 4 is 35.7 Å². The first-order chi connectivity index (χ1) is 6.95. The summed E-state index contributed by atoms with van der Waals surface area (Å²) < 4.78 is 27.9. The van der Waals surface area contributed by atoms with Crippen molar-refractivity contribution in [3.63, 3.8) is 0 Å². The number of halogens is 2. The second-order valence-electron chi connectivity index (χ2n) is 2.88. The predicted octanol–water partition coefficient (Wildman–Crippen LogP) is 3.17. The van der Waals surface area contributed by atoms with Crippen LogP contribution in [0.1, 0.15) is 13.3 Å². The highest BCUT2D eigenvalue weighted by molar-refractivity contribution is 9.10. The standard InChI is InChI=1S/C9H10BrClO3S/c1-2-5-14-7-3-4-9(8(10)6-7)15(11,12)13/h3-4,6H,2,5H2,1H3. The molecule has 0 aromatic heterocycles. The third-order valence-electron chi connectivity index (χ3n) is 1.64. The SMILES string of the molecule is CCCOc1ccc(S(=O)(=O)Cl)c(Br)c1. The van der Waals surface area contributed by atoms with Crippen LogP contribution >= 0.6 is 26.6 Å². The maximum absolute atomic E-state index is 11.1. The van der Waals surface area contributed by atoms with Crippen LogP contribution < -0.4 is 4.74 Å². The quantitative estimate of drug-likeness (QED) is 0.802. The van der Waals surface area contributed by atoms with Crippen LogP contribution in [0.15, 0.2) is 27.6 Å². The van der Waals surface area contributed by atoms with Gasteiger partial charge in [0.1, 0.15) is 5.75 Å². The van der Waals surface area contributed by atoms with E-state index in [0.29, 0.717) is 16.8 Å². The first kappa shape index (κ1) is 12.8. The van der Waals surface area contributed by atoms with Crippen LogP contribution in [0.2, 0.25) is 0 Å². The molecule has 0 radical (unpaired) electrons. The number of hydrogen-bond donors (Lipinski definition) is 0. The summed E-state index contributed by atoms with van der Waals surface area (Å²) in [5.41, 5.74) is 0. The summed E-state index contributed by atoms with van der Waals surface area (Å²) in [5, 5.41) is 0. The number of hydrogen-bond acceptors (Lipinski definition) is 3. The lowest BCUT2D eigenvalue weighted by Gasteiger charge is -2.06.